The maximum absolute atomic E-state index is 0. The Morgan fingerprint density at radius 1 is 1.00 bits per heavy atom. The van der Waals surface area contributed by atoms with E-state index in [1.54, 1.807) is 0 Å². The van der Waals surface area contributed by atoms with E-state index in [1.807, 2.05) is 0 Å². The molecule has 0 unspecified atom stereocenters. The quantitative estimate of drug-likeness (QED) is 0.398. The minimum atomic E-state index is 0. The van der Waals surface area contributed by atoms with E-state index in [0.717, 1.165) is 0 Å². The van der Waals surface area contributed by atoms with E-state index in [9.17, 15) is 0 Å². The van der Waals surface area contributed by atoms with Gasteiger partial charge in [-0.3, -0.25) is 0 Å². The van der Waals surface area contributed by atoms with Gasteiger partial charge in [-0.15, -0.1) is 0 Å². The zero-order valence-electron chi connectivity index (χ0n) is 2.19. The fraction of sp³-hybridized carbons (Fsp3) is 0. The molecule has 5 heteroatoms. The zero-order valence-corrected chi connectivity index (χ0v) is 13.1. The van der Waals surface area contributed by atoms with Gasteiger partial charge in [-0.1, -0.05) is 0 Å². The molecule has 0 atom stereocenters. The van der Waals surface area contributed by atoms with Crippen molar-refractivity contribution in [2.24, 2.45) is 0 Å². The van der Waals surface area contributed by atoms with Crippen molar-refractivity contribution in [1.82, 2.24) is 0 Å². The van der Waals surface area contributed by atoms with Crippen molar-refractivity contribution < 1.29 is 54.8 Å². The number of rotatable bonds is 0. The van der Waals surface area contributed by atoms with E-state index in [1.165, 1.54) is 0 Å². The summed E-state index contributed by atoms with van der Waals surface area (Å²) in [6.07, 6.45) is 0. The van der Waals surface area contributed by atoms with Crippen LogP contribution in [0.3, 0.4) is 0 Å². The molecule has 0 aromatic carbocycles. The summed E-state index contributed by atoms with van der Waals surface area (Å²) in [6.45, 7) is 0. The van der Waals surface area contributed by atoms with Crippen LogP contribution in [0, 0.1) is 0 Å². The molecule has 0 fully saturated rings. The van der Waals surface area contributed by atoms with Crippen molar-refractivity contribution in [2.45, 2.75) is 0 Å². The van der Waals surface area contributed by atoms with E-state index in [-0.39, 0.29) is 89.4 Å². The van der Waals surface area contributed by atoms with Crippen molar-refractivity contribution in [2.75, 3.05) is 0 Å². The smallest absolute Gasteiger partial charge is 0 e. The Bertz CT molecular complexity index is 11.6. The molecule has 0 bridgehead atoms. The summed E-state index contributed by atoms with van der Waals surface area (Å²) in [4.78, 5) is 0. The van der Waals surface area contributed by atoms with Crippen molar-refractivity contribution in [3.8, 4) is 0 Å². The van der Waals surface area contributed by atoms with E-state index in [4.69, 9.17) is 0 Å². The molecule has 0 N–H and O–H groups in total. The largest absolute Gasteiger partial charge is 0 e. The molecule has 0 aromatic rings. The third kappa shape index (κ3) is 20.4. The van der Waals surface area contributed by atoms with Gasteiger partial charge < -0.3 is 0 Å². The first-order valence-electron chi connectivity index (χ1n) is 0. The maximum atomic E-state index is 0. The monoisotopic (exact) mass is 400 g/mol. The van der Waals surface area contributed by atoms with Crippen molar-refractivity contribution in [3.63, 3.8) is 0 Å². The van der Waals surface area contributed by atoms with Crippen molar-refractivity contribution in [1.29, 1.82) is 0 Å². The van der Waals surface area contributed by atoms with Gasteiger partial charge in [-0.2, -0.15) is 0 Å². The molecule has 30 valence electrons. The molecule has 0 aliphatic rings. The van der Waals surface area contributed by atoms with Crippen LogP contribution in [0.1, 0.15) is 0 Å². The summed E-state index contributed by atoms with van der Waals surface area (Å²) in [7, 11) is 0. The average molecular weight is 401 g/mol. The number of hydrogen-bond acceptors (Lipinski definition) is 0. The van der Waals surface area contributed by atoms with Gasteiger partial charge in [0.2, 0.25) is 0 Å². The molecule has 0 amide bonds. The fourth-order valence-electron chi connectivity index (χ4n) is 0. The van der Waals surface area contributed by atoms with Crippen LogP contribution in [-0.2, 0) is 54.8 Å². The Morgan fingerprint density at radius 3 is 1.00 bits per heavy atom. The van der Waals surface area contributed by atoms with Crippen LogP contribution < -0.4 is 0 Å². The van der Waals surface area contributed by atoms with E-state index in [2.05, 4.69) is 0 Å². The molecular weight excluding hydrogens is 395 g/mol. The summed E-state index contributed by atoms with van der Waals surface area (Å²) in [5.74, 6) is 0. The van der Waals surface area contributed by atoms with Gasteiger partial charge in [0.25, 0.3) is 0 Å². The molecule has 2 radical (unpaired) electrons. The molecular formula is H6BBiCoVZn. The summed E-state index contributed by atoms with van der Waals surface area (Å²) in [6, 6.07) is 0. The second-order valence-electron chi connectivity index (χ2n) is 0. The normalized spacial score (nSPS) is 0. The fourth-order valence-corrected chi connectivity index (χ4v) is 0. The Labute approximate surface area is 88.2 Å². The summed E-state index contributed by atoms with van der Waals surface area (Å²) < 4.78 is 0. The van der Waals surface area contributed by atoms with Crippen LogP contribution in [0.5, 0.6) is 0 Å². The second kappa shape index (κ2) is 30.1. The Morgan fingerprint density at radius 2 is 1.00 bits per heavy atom. The van der Waals surface area contributed by atoms with E-state index >= 15 is 0 Å². The topological polar surface area (TPSA) is 0 Å². The van der Waals surface area contributed by atoms with Crippen LogP contribution >= 0.6 is 0 Å². The molecule has 0 aliphatic heterocycles. The minimum absolute atomic E-state index is 0. The van der Waals surface area contributed by atoms with Crippen molar-refractivity contribution >= 4 is 34.6 Å². The molecule has 5 heavy (non-hydrogen) atoms. The first kappa shape index (κ1) is 48.0. The molecule has 0 aromatic heterocycles. The molecule has 0 spiro atoms. The molecule has 0 rings (SSSR count). The minimum Gasteiger partial charge on any atom is 0 e. The molecule has 0 aliphatic carbocycles. The third-order valence-electron chi connectivity index (χ3n) is 0. The van der Waals surface area contributed by atoms with Crippen LogP contribution in [-0.4, -0.2) is 34.6 Å². The molecule has 0 nitrogen and oxygen atoms in total. The Balaban J connectivity index is 0. The first-order valence-corrected chi connectivity index (χ1v) is 0. The molecule has 0 heterocycles. The summed E-state index contributed by atoms with van der Waals surface area (Å²) in [5.41, 5.74) is 0. The predicted molar refractivity (Wildman–Crippen MR) is 19.9 cm³/mol. The van der Waals surface area contributed by atoms with Gasteiger partial charge >= 0.3 is 26.2 Å². The zero-order chi connectivity index (χ0) is 0. The van der Waals surface area contributed by atoms with E-state index in [0.29, 0.717) is 0 Å². The standard InChI is InChI=1S/BH3.Bi.Co.V.Zn.3H/h1H3;;;;;;;. The average Bonchev–Trinajstić information content (AvgIpc) is 0. The third-order valence-corrected chi connectivity index (χ3v) is 0. The molecule has 0 saturated carbocycles. The van der Waals surface area contributed by atoms with Gasteiger partial charge in [-0.25, -0.2) is 0 Å². The Hall–Kier alpha value is 2.66. The van der Waals surface area contributed by atoms with Crippen LogP contribution in [0.25, 0.3) is 0 Å². The van der Waals surface area contributed by atoms with Gasteiger partial charge in [-0.05, 0) is 0 Å². The van der Waals surface area contributed by atoms with Gasteiger partial charge in [0.15, 0.2) is 0 Å². The molecule has 0 saturated heterocycles. The van der Waals surface area contributed by atoms with Crippen LogP contribution in [0.15, 0.2) is 0 Å². The summed E-state index contributed by atoms with van der Waals surface area (Å²) in [5, 5.41) is 0. The first-order chi connectivity index (χ1) is 0. The Kier molecular flexibility index (Phi) is 289. The number of hydrogen-bond donors (Lipinski definition) is 0. The van der Waals surface area contributed by atoms with Crippen LogP contribution in [0.2, 0.25) is 0 Å². The van der Waals surface area contributed by atoms with Gasteiger partial charge in [0.1, 0.15) is 0 Å². The van der Waals surface area contributed by atoms with Crippen LogP contribution in [0.4, 0.5) is 0 Å². The summed E-state index contributed by atoms with van der Waals surface area (Å²) >= 11 is 0. The van der Waals surface area contributed by atoms with Crippen molar-refractivity contribution in [3.05, 3.63) is 0 Å². The van der Waals surface area contributed by atoms with Gasteiger partial charge in [0, 0.05) is 54.8 Å². The maximum Gasteiger partial charge on any atom is 0 e. The SMILES string of the molecule is B.[BiH3].[Co].[V].[Zn]. The van der Waals surface area contributed by atoms with Gasteiger partial charge in [0.05, 0.1) is 8.41 Å². The predicted octanol–water partition coefficient (Wildman–Crippen LogP) is -2.38. The van der Waals surface area contributed by atoms with E-state index < -0.39 is 0 Å². The second-order valence-corrected chi connectivity index (χ2v) is 0.